The molecule has 4 nitrogen and oxygen atoms in total. The van der Waals surface area contributed by atoms with E-state index in [1.165, 1.54) is 11.1 Å². The van der Waals surface area contributed by atoms with E-state index in [9.17, 15) is 9.59 Å². The normalized spacial score (nSPS) is 15.9. The number of benzene rings is 2. The molecule has 2 aliphatic rings. The summed E-state index contributed by atoms with van der Waals surface area (Å²) < 4.78 is 0. The summed E-state index contributed by atoms with van der Waals surface area (Å²) in [5, 5.41) is 3.03. The molecule has 0 spiro atoms. The molecule has 0 fully saturated rings. The van der Waals surface area contributed by atoms with E-state index in [2.05, 4.69) is 5.32 Å². The molecule has 2 aliphatic heterocycles. The van der Waals surface area contributed by atoms with Crippen LogP contribution in [-0.4, -0.2) is 18.4 Å². The first-order chi connectivity index (χ1) is 11.6. The number of nitrogens with one attached hydrogen (secondary N) is 1. The lowest BCUT2D eigenvalue weighted by molar-refractivity contribution is -0.119. The fourth-order valence-electron chi connectivity index (χ4n) is 3.75. The van der Waals surface area contributed by atoms with Gasteiger partial charge in [-0.15, -0.1) is 0 Å². The summed E-state index contributed by atoms with van der Waals surface area (Å²) in [5.74, 6) is 0.139. The van der Waals surface area contributed by atoms with Gasteiger partial charge in [0.05, 0.1) is 5.69 Å². The first-order valence-electron chi connectivity index (χ1n) is 8.46. The van der Waals surface area contributed by atoms with E-state index in [1.54, 1.807) is 0 Å². The first-order valence-corrected chi connectivity index (χ1v) is 8.46. The molecule has 0 bridgehead atoms. The topological polar surface area (TPSA) is 49.4 Å². The van der Waals surface area contributed by atoms with Crippen LogP contribution >= 0.6 is 0 Å². The second kappa shape index (κ2) is 5.78. The van der Waals surface area contributed by atoms with Gasteiger partial charge in [-0.05, 0) is 61.1 Å². The van der Waals surface area contributed by atoms with Crippen LogP contribution < -0.4 is 10.2 Å². The second-order valence-electron chi connectivity index (χ2n) is 6.56. The third-order valence-corrected chi connectivity index (χ3v) is 4.92. The van der Waals surface area contributed by atoms with Crippen molar-refractivity contribution in [3.8, 4) is 0 Å². The van der Waals surface area contributed by atoms with Gasteiger partial charge in [0.2, 0.25) is 5.91 Å². The largest absolute Gasteiger partial charge is 0.322 e. The second-order valence-corrected chi connectivity index (χ2v) is 6.56. The Morgan fingerprint density at radius 2 is 1.83 bits per heavy atom. The van der Waals surface area contributed by atoms with Crippen molar-refractivity contribution >= 4 is 23.2 Å². The Balaban J connectivity index is 1.67. The molecule has 4 heteroatoms. The Morgan fingerprint density at radius 3 is 2.62 bits per heavy atom. The molecule has 0 unspecified atom stereocenters. The van der Waals surface area contributed by atoms with Crippen LogP contribution in [0.15, 0.2) is 36.4 Å². The van der Waals surface area contributed by atoms with Crippen molar-refractivity contribution in [2.45, 2.75) is 32.6 Å². The molecule has 2 aromatic carbocycles. The van der Waals surface area contributed by atoms with Crippen LogP contribution in [0, 0.1) is 6.92 Å². The first kappa shape index (κ1) is 14.9. The van der Waals surface area contributed by atoms with Crippen molar-refractivity contribution in [1.29, 1.82) is 0 Å². The number of anilines is 2. The molecule has 0 radical (unpaired) electrons. The van der Waals surface area contributed by atoms with E-state index >= 15 is 0 Å². The van der Waals surface area contributed by atoms with Crippen molar-refractivity contribution < 1.29 is 9.59 Å². The van der Waals surface area contributed by atoms with Crippen molar-refractivity contribution in [1.82, 2.24) is 0 Å². The number of hydrogen-bond donors (Lipinski definition) is 1. The summed E-state index contributed by atoms with van der Waals surface area (Å²) in [5.41, 5.74) is 5.92. The summed E-state index contributed by atoms with van der Waals surface area (Å²) in [4.78, 5) is 26.6. The Morgan fingerprint density at radius 1 is 1.08 bits per heavy atom. The van der Waals surface area contributed by atoms with Crippen LogP contribution in [0.3, 0.4) is 0 Å². The van der Waals surface area contributed by atoms with E-state index in [-0.39, 0.29) is 11.8 Å². The molecule has 0 aromatic heterocycles. The quantitative estimate of drug-likeness (QED) is 0.921. The minimum atomic E-state index is -0.0835. The van der Waals surface area contributed by atoms with E-state index in [1.807, 2.05) is 48.2 Å². The number of amides is 2. The Labute approximate surface area is 141 Å². The standard InChI is InChI=1S/C20H20N2O2/c1-13-5-2-3-7-17(13)20(24)21-16-11-14-6-4-10-22-18(23)9-8-15(12-16)19(14)22/h2-3,5,7,11-12H,4,6,8-10H2,1H3,(H,21,24). The molecule has 4 rings (SSSR count). The monoisotopic (exact) mass is 320 g/mol. The number of nitrogens with zero attached hydrogens (tertiary/aromatic N) is 1. The van der Waals surface area contributed by atoms with Crippen molar-refractivity contribution in [2.24, 2.45) is 0 Å². The number of aryl methyl sites for hydroxylation is 3. The molecule has 1 N–H and O–H groups in total. The van der Waals surface area contributed by atoms with E-state index in [0.29, 0.717) is 12.0 Å². The highest BCUT2D eigenvalue weighted by Gasteiger charge is 2.29. The minimum Gasteiger partial charge on any atom is -0.322 e. The van der Waals surface area contributed by atoms with Gasteiger partial charge in [0.1, 0.15) is 0 Å². The molecule has 2 heterocycles. The molecule has 0 saturated carbocycles. The zero-order valence-electron chi connectivity index (χ0n) is 13.8. The third kappa shape index (κ3) is 2.48. The smallest absolute Gasteiger partial charge is 0.255 e. The van der Waals surface area contributed by atoms with E-state index in [4.69, 9.17) is 0 Å². The minimum absolute atomic E-state index is 0.0835. The van der Waals surface area contributed by atoms with Crippen molar-refractivity contribution in [3.63, 3.8) is 0 Å². The third-order valence-electron chi connectivity index (χ3n) is 4.92. The van der Waals surface area contributed by atoms with Gasteiger partial charge in [0.15, 0.2) is 0 Å². The van der Waals surface area contributed by atoms with Crippen LogP contribution in [0.4, 0.5) is 11.4 Å². The van der Waals surface area contributed by atoms with Gasteiger partial charge in [0, 0.05) is 24.2 Å². The summed E-state index contributed by atoms with van der Waals surface area (Å²) in [6, 6.07) is 11.6. The molecule has 122 valence electrons. The fourth-order valence-corrected chi connectivity index (χ4v) is 3.75. The lowest BCUT2D eigenvalue weighted by Gasteiger charge is -2.35. The van der Waals surface area contributed by atoms with Gasteiger partial charge in [-0.25, -0.2) is 0 Å². The number of carbonyl (C=O) groups excluding carboxylic acids is 2. The Bertz CT molecular complexity index is 824. The van der Waals surface area contributed by atoms with E-state index < -0.39 is 0 Å². The van der Waals surface area contributed by atoms with Crippen LogP contribution in [0.2, 0.25) is 0 Å². The number of carbonyl (C=O) groups is 2. The molecule has 2 amide bonds. The lowest BCUT2D eigenvalue weighted by Crippen LogP contribution is -2.39. The highest BCUT2D eigenvalue weighted by atomic mass is 16.2. The van der Waals surface area contributed by atoms with Gasteiger partial charge in [0.25, 0.3) is 5.91 Å². The van der Waals surface area contributed by atoms with Gasteiger partial charge in [-0.1, -0.05) is 18.2 Å². The van der Waals surface area contributed by atoms with Gasteiger partial charge < -0.3 is 10.2 Å². The van der Waals surface area contributed by atoms with Crippen LogP contribution in [-0.2, 0) is 17.6 Å². The number of hydrogen-bond acceptors (Lipinski definition) is 2. The van der Waals surface area contributed by atoms with Gasteiger partial charge in [-0.2, -0.15) is 0 Å². The van der Waals surface area contributed by atoms with Crippen molar-refractivity contribution in [2.75, 3.05) is 16.8 Å². The maximum Gasteiger partial charge on any atom is 0.255 e. The molecule has 0 atom stereocenters. The molecule has 0 saturated heterocycles. The van der Waals surface area contributed by atoms with Gasteiger partial charge >= 0.3 is 0 Å². The lowest BCUT2D eigenvalue weighted by atomic mass is 9.91. The van der Waals surface area contributed by atoms with E-state index in [0.717, 1.165) is 42.7 Å². The summed E-state index contributed by atoms with van der Waals surface area (Å²) in [6.07, 6.45) is 3.25. The molecule has 2 aromatic rings. The van der Waals surface area contributed by atoms with Crippen molar-refractivity contribution in [3.05, 3.63) is 58.7 Å². The average Bonchev–Trinajstić information content (AvgIpc) is 2.58. The highest BCUT2D eigenvalue weighted by molar-refractivity contribution is 6.06. The molecular weight excluding hydrogens is 300 g/mol. The highest BCUT2D eigenvalue weighted by Crippen LogP contribution is 2.37. The van der Waals surface area contributed by atoms with Crippen LogP contribution in [0.25, 0.3) is 0 Å². The SMILES string of the molecule is Cc1ccccc1C(=O)Nc1cc2c3c(c1)CCC(=O)N3CCC2. The predicted octanol–water partition coefficient (Wildman–Crippen LogP) is 3.47. The predicted molar refractivity (Wildman–Crippen MR) is 94.6 cm³/mol. The van der Waals surface area contributed by atoms with Crippen LogP contribution in [0.5, 0.6) is 0 Å². The maximum atomic E-state index is 12.6. The fraction of sp³-hybridized carbons (Fsp3) is 0.300. The maximum absolute atomic E-state index is 12.6. The van der Waals surface area contributed by atoms with Crippen LogP contribution in [0.1, 0.15) is 39.9 Å². The average molecular weight is 320 g/mol. The summed E-state index contributed by atoms with van der Waals surface area (Å²) >= 11 is 0. The zero-order valence-corrected chi connectivity index (χ0v) is 13.8. The Hall–Kier alpha value is -2.62. The zero-order chi connectivity index (χ0) is 16.7. The Kier molecular flexibility index (Phi) is 3.60. The molecular formula is C20H20N2O2. The van der Waals surface area contributed by atoms with Gasteiger partial charge in [-0.3, -0.25) is 9.59 Å². The summed E-state index contributed by atoms with van der Waals surface area (Å²) in [7, 11) is 0. The molecule has 24 heavy (non-hydrogen) atoms. The number of rotatable bonds is 2. The molecule has 0 aliphatic carbocycles. The summed E-state index contributed by atoms with van der Waals surface area (Å²) in [6.45, 7) is 2.75.